The minimum atomic E-state index is -5.15. The second-order valence-electron chi connectivity index (χ2n) is 26.2. The highest BCUT2D eigenvalue weighted by Gasteiger charge is 2.51. The van der Waals surface area contributed by atoms with Crippen molar-refractivity contribution in [3.05, 3.63) is 190 Å². The number of alkyl halides is 6. The SMILES string of the molecule is CN(CCN1CCC(N(C(=O)O)c2ccccc2-c2ccccc2)CC1)C(=O)CCCCCNc1ccc(C(=O)N2CCCN(C(=O)CO[C@H]3Cc4ccccc4C34CCN(CC[C@@]3(c5ccc(F)cc5)CN(C(=O)c5cc(C(F)(F)F)cc(C(F)(F)F)c5)CO3)CC4)CC2)cc1. The number of anilines is 2. The van der Waals surface area contributed by atoms with Crippen molar-refractivity contribution in [2.45, 2.75) is 106 Å². The minimum absolute atomic E-state index is 0.0277. The van der Waals surface area contributed by atoms with Gasteiger partial charge in [0.05, 0.1) is 29.5 Å². The molecule has 4 heterocycles. The van der Waals surface area contributed by atoms with Crippen LogP contribution in [0, 0.1) is 5.82 Å². The van der Waals surface area contributed by atoms with Gasteiger partial charge in [-0.25, -0.2) is 9.18 Å². The summed E-state index contributed by atoms with van der Waals surface area (Å²) in [4.78, 5) is 79.8. The van der Waals surface area contributed by atoms with Crippen LogP contribution >= 0.6 is 0 Å². The Bertz CT molecular complexity index is 3680. The van der Waals surface area contributed by atoms with Crippen LogP contribution in [0.2, 0.25) is 0 Å². The Labute approximate surface area is 560 Å². The van der Waals surface area contributed by atoms with Crippen molar-refractivity contribution in [3.8, 4) is 11.1 Å². The van der Waals surface area contributed by atoms with Gasteiger partial charge in [0.1, 0.15) is 24.8 Å². The third-order valence-corrected chi connectivity index (χ3v) is 20.2. The van der Waals surface area contributed by atoms with Gasteiger partial charge in [0.15, 0.2) is 0 Å². The largest absolute Gasteiger partial charge is 0.465 e. The van der Waals surface area contributed by atoms with E-state index >= 15 is 0 Å². The Morgan fingerprint density at radius 3 is 2.01 bits per heavy atom. The lowest BCUT2D eigenvalue weighted by atomic mass is 9.72. The predicted octanol–water partition coefficient (Wildman–Crippen LogP) is 12.7. The van der Waals surface area contributed by atoms with E-state index in [4.69, 9.17) is 9.47 Å². The highest BCUT2D eigenvalue weighted by atomic mass is 19.4. The van der Waals surface area contributed by atoms with E-state index in [1.807, 2.05) is 98.0 Å². The maximum atomic E-state index is 14.3. The first-order valence-electron chi connectivity index (χ1n) is 33.5. The molecule has 23 heteroatoms. The van der Waals surface area contributed by atoms with Crippen molar-refractivity contribution >= 4 is 41.1 Å². The first-order valence-corrected chi connectivity index (χ1v) is 33.5. The number of likely N-dealkylation sites (N-methyl/N-ethyl adjacent to an activating group) is 1. The lowest BCUT2D eigenvalue weighted by molar-refractivity contribution is -0.143. The molecule has 6 aromatic carbocycles. The Morgan fingerprint density at radius 2 is 1.31 bits per heavy atom. The van der Waals surface area contributed by atoms with Crippen LogP contribution in [0.5, 0.6) is 0 Å². The number of benzene rings is 6. The number of para-hydroxylation sites is 1. The quantitative estimate of drug-likeness (QED) is 0.0492. The number of unbranched alkanes of at least 4 members (excludes halogenated alkanes) is 2. The zero-order valence-electron chi connectivity index (χ0n) is 54.5. The number of rotatable bonds is 22. The molecule has 1 aliphatic carbocycles. The molecule has 516 valence electrons. The van der Waals surface area contributed by atoms with Crippen LogP contribution in [0.25, 0.3) is 11.1 Å². The molecule has 4 fully saturated rings. The van der Waals surface area contributed by atoms with Crippen molar-refractivity contribution < 1.29 is 69.3 Å². The fourth-order valence-electron chi connectivity index (χ4n) is 14.7. The van der Waals surface area contributed by atoms with E-state index in [2.05, 4.69) is 27.2 Å². The number of likely N-dealkylation sites (tertiary alicyclic amines) is 2. The molecular formula is C74H83F7N8O8. The Balaban J connectivity index is 0.594. The molecule has 0 radical (unpaired) electrons. The van der Waals surface area contributed by atoms with Crippen LogP contribution in [-0.2, 0) is 48.9 Å². The van der Waals surface area contributed by atoms with Gasteiger partial charge >= 0.3 is 18.4 Å². The molecule has 4 aliphatic heterocycles. The minimum Gasteiger partial charge on any atom is -0.465 e. The van der Waals surface area contributed by atoms with Gasteiger partial charge in [0, 0.05) is 113 Å². The van der Waals surface area contributed by atoms with Crippen molar-refractivity contribution in [1.82, 2.24) is 29.4 Å². The van der Waals surface area contributed by atoms with Gasteiger partial charge in [-0.15, -0.1) is 0 Å². The molecule has 0 saturated carbocycles. The van der Waals surface area contributed by atoms with Gasteiger partial charge in [0.25, 0.3) is 11.8 Å². The van der Waals surface area contributed by atoms with Crippen LogP contribution in [0.3, 0.4) is 0 Å². The number of amides is 5. The lowest BCUT2D eigenvalue weighted by Crippen LogP contribution is -2.50. The number of carbonyl (C=O) groups is 5. The predicted molar refractivity (Wildman–Crippen MR) is 353 cm³/mol. The monoisotopic (exact) mass is 1340 g/mol. The van der Waals surface area contributed by atoms with Gasteiger partial charge in [-0.05, 0) is 154 Å². The molecule has 2 atom stereocenters. The van der Waals surface area contributed by atoms with E-state index < -0.39 is 64.6 Å². The van der Waals surface area contributed by atoms with Gasteiger partial charge in [-0.3, -0.25) is 24.1 Å². The summed E-state index contributed by atoms with van der Waals surface area (Å²) in [6.45, 7) is 6.02. The number of piperidine rings is 2. The average molecular weight is 1350 g/mol. The van der Waals surface area contributed by atoms with Crippen molar-refractivity contribution in [3.63, 3.8) is 0 Å². The summed E-state index contributed by atoms with van der Waals surface area (Å²) in [7, 11) is 1.84. The second kappa shape index (κ2) is 30.6. The number of nitrogens with zero attached hydrogens (tertiary/aromatic N) is 7. The van der Waals surface area contributed by atoms with Gasteiger partial charge in [-0.1, -0.05) is 91.3 Å². The third kappa shape index (κ3) is 16.6. The summed E-state index contributed by atoms with van der Waals surface area (Å²) in [5, 5.41) is 13.8. The van der Waals surface area contributed by atoms with E-state index in [0.717, 1.165) is 71.7 Å². The topological polar surface area (TPSA) is 159 Å². The Morgan fingerprint density at radius 1 is 0.670 bits per heavy atom. The molecule has 2 N–H and O–H groups in total. The summed E-state index contributed by atoms with van der Waals surface area (Å²) < 4.78 is 110. The van der Waals surface area contributed by atoms with Gasteiger partial charge < -0.3 is 49.3 Å². The Kier molecular flexibility index (Phi) is 22.1. The average Bonchev–Trinajstić information content (AvgIpc) is 1.75. The maximum Gasteiger partial charge on any atom is 0.416 e. The van der Waals surface area contributed by atoms with Crippen molar-refractivity contribution in [1.29, 1.82) is 0 Å². The second-order valence-corrected chi connectivity index (χ2v) is 26.2. The summed E-state index contributed by atoms with van der Waals surface area (Å²) in [5.41, 5.74) is 1.09. The number of fused-ring (bicyclic) bond motifs is 2. The summed E-state index contributed by atoms with van der Waals surface area (Å²) in [5.74, 6) is -1.78. The van der Waals surface area contributed by atoms with Gasteiger partial charge in [0.2, 0.25) is 11.8 Å². The van der Waals surface area contributed by atoms with Crippen LogP contribution in [0.4, 0.5) is 46.9 Å². The molecule has 16 nitrogen and oxygen atoms in total. The molecular weight excluding hydrogens is 1260 g/mol. The highest BCUT2D eigenvalue weighted by molar-refractivity contribution is 5.96. The summed E-state index contributed by atoms with van der Waals surface area (Å²) in [6, 6.07) is 39.1. The number of hydrogen-bond donors (Lipinski definition) is 2. The first kappa shape index (κ1) is 70.0. The smallest absolute Gasteiger partial charge is 0.416 e. The normalized spacial score (nSPS) is 19.4. The van der Waals surface area contributed by atoms with Crippen LogP contribution in [-0.4, -0.2) is 182 Å². The molecule has 1 spiro atoms. The van der Waals surface area contributed by atoms with Crippen LogP contribution in [0.1, 0.15) is 113 Å². The lowest BCUT2D eigenvalue weighted by Gasteiger charge is -2.44. The number of halogens is 7. The highest BCUT2D eigenvalue weighted by Crippen LogP contribution is 2.49. The zero-order valence-corrected chi connectivity index (χ0v) is 54.5. The fourth-order valence-corrected chi connectivity index (χ4v) is 14.7. The summed E-state index contributed by atoms with van der Waals surface area (Å²) >= 11 is 0. The van der Waals surface area contributed by atoms with E-state index in [0.29, 0.717) is 133 Å². The molecule has 4 saturated heterocycles. The molecule has 0 aromatic heterocycles. The van der Waals surface area contributed by atoms with Crippen molar-refractivity contribution in [2.75, 3.05) is 116 Å². The molecule has 6 aromatic rings. The van der Waals surface area contributed by atoms with Gasteiger partial charge in [-0.2, -0.15) is 26.3 Å². The van der Waals surface area contributed by atoms with E-state index in [9.17, 15) is 59.8 Å². The number of carbonyl (C=O) groups excluding carboxylic acids is 4. The number of carboxylic acid groups (broad SMARTS) is 1. The third-order valence-electron chi connectivity index (χ3n) is 20.2. The molecule has 5 aliphatic rings. The first-order chi connectivity index (χ1) is 46.6. The molecule has 0 bridgehead atoms. The van der Waals surface area contributed by atoms with Crippen LogP contribution in [0.15, 0.2) is 146 Å². The van der Waals surface area contributed by atoms with Crippen LogP contribution < -0.4 is 10.2 Å². The molecule has 0 unspecified atom stereocenters. The van der Waals surface area contributed by atoms with E-state index in [-0.39, 0.29) is 55.5 Å². The number of ether oxygens (including phenoxy) is 2. The molecule has 97 heavy (non-hydrogen) atoms. The fraction of sp³-hybridized carbons (Fsp3) is 0.446. The molecule has 5 amide bonds. The maximum absolute atomic E-state index is 14.3. The van der Waals surface area contributed by atoms with Crippen molar-refractivity contribution in [2.24, 2.45) is 0 Å². The number of hydrogen-bond acceptors (Lipinski definition) is 10. The standard InChI is InChI=1S/C74H83F7N8O8/c1-83(41-42-84-36-28-61(29-37-84)89(70(94)95)64-18-10-8-16-62(64)52-13-4-2-5-14-52)66(90)19-6-3-11-33-82-60-26-20-53(21-27-60)68(92)87-35-12-34-86(43-44-87)67(91)49-96-65-47-54-15-7-9-17-63(54)71(65)30-38-85(39-31-71)40-32-72(56-22-24-59(75)25-23-56)50-88(51-97-72)69(93)55-45-57(73(76,77)78)48-58(46-55)74(79,80)81/h2,4-5,7-10,13-18,20-27,45-46,48,61,65,82H,3,6,11-12,19,28-44,47,49-51H2,1H3,(H,94,95)/t65-,72-/m0/s1. The van der Waals surface area contributed by atoms with E-state index in [1.165, 1.54) is 29.2 Å². The summed E-state index contributed by atoms with van der Waals surface area (Å²) in [6.07, 6.45) is -4.42. The number of nitrogens with one attached hydrogen (secondary N) is 1. The van der Waals surface area contributed by atoms with E-state index in [1.54, 1.807) is 14.7 Å². The molecule has 11 rings (SSSR count). The Hall–Kier alpha value is -8.38. The zero-order chi connectivity index (χ0) is 68.5.